The summed E-state index contributed by atoms with van der Waals surface area (Å²) in [6.07, 6.45) is 1.45. The van der Waals surface area contributed by atoms with E-state index in [9.17, 15) is 14.4 Å². The number of carbonyl (C=O) groups is 3. The van der Waals surface area contributed by atoms with E-state index in [1.807, 2.05) is 0 Å². The molecule has 7 heteroatoms. The van der Waals surface area contributed by atoms with Crippen LogP contribution in [-0.4, -0.2) is 52.2 Å². The van der Waals surface area contributed by atoms with Crippen molar-refractivity contribution in [3.05, 3.63) is 0 Å². The number of carboxylic acid groups (broad SMARTS) is 2. The van der Waals surface area contributed by atoms with E-state index in [1.165, 1.54) is 4.90 Å². The van der Waals surface area contributed by atoms with Crippen molar-refractivity contribution in [2.45, 2.75) is 37.8 Å². The Balaban J connectivity index is 2.44. The van der Waals surface area contributed by atoms with Gasteiger partial charge < -0.3 is 20.4 Å². The first kappa shape index (κ1) is 13.3. The van der Waals surface area contributed by atoms with Gasteiger partial charge in [-0.05, 0) is 19.3 Å². The van der Waals surface area contributed by atoms with E-state index < -0.39 is 24.0 Å². The van der Waals surface area contributed by atoms with Crippen LogP contribution in [0.2, 0.25) is 0 Å². The fourth-order valence-corrected chi connectivity index (χ4v) is 1.40. The molecule has 0 heterocycles. The van der Waals surface area contributed by atoms with E-state index in [2.05, 4.69) is 5.32 Å². The number of hydrogen-bond acceptors (Lipinski definition) is 3. The Bertz CT molecular complexity index is 327. The number of hydrogen-bond donors (Lipinski definition) is 3. The second-order valence-electron chi connectivity index (χ2n) is 4.11. The zero-order valence-electron chi connectivity index (χ0n) is 9.55. The van der Waals surface area contributed by atoms with Gasteiger partial charge in [0.1, 0.15) is 6.04 Å². The average molecular weight is 244 g/mol. The molecular formula is C10H16N2O5. The maximum Gasteiger partial charge on any atom is 0.326 e. The van der Waals surface area contributed by atoms with E-state index in [0.29, 0.717) is 0 Å². The van der Waals surface area contributed by atoms with Crippen LogP contribution in [0.5, 0.6) is 0 Å². The zero-order chi connectivity index (χ0) is 13.0. The molecule has 0 spiro atoms. The number of carbonyl (C=O) groups excluding carboxylic acids is 1. The highest BCUT2D eigenvalue weighted by Gasteiger charge is 2.31. The van der Waals surface area contributed by atoms with Gasteiger partial charge in [0.25, 0.3) is 0 Å². The third kappa shape index (κ3) is 4.29. The summed E-state index contributed by atoms with van der Waals surface area (Å²) < 4.78 is 0. The van der Waals surface area contributed by atoms with Crippen LogP contribution < -0.4 is 5.32 Å². The Morgan fingerprint density at radius 3 is 2.35 bits per heavy atom. The fraction of sp³-hybridized carbons (Fsp3) is 0.700. The minimum absolute atomic E-state index is 0.116. The summed E-state index contributed by atoms with van der Waals surface area (Å²) in [6, 6.07) is -1.44. The van der Waals surface area contributed by atoms with E-state index >= 15 is 0 Å². The van der Waals surface area contributed by atoms with Crippen LogP contribution in [0, 0.1) is 0 Å². The molecule has 0 radical (unpaired) electrons. The highest BCUT2D eigenvalue weighted by Crippen LogP contribution is 2.25. The predicted molar refractivity (Wildman–Crippen MR) is 57.6 cm³/mol. The van der Waals surface area contributed by atoms with Gasteiger partial charge in [-0.1, -0.05) is 0 Å². The minimum Gasteiger partial charge on any atom is -0.481 e. The highest BCUT2D eigenvalue weighted by atomic mass is 16.4. The van der Waals surface area contributed by atoms with Gasteiger partial charge in [-0.25, -0.2) is 9.59 Å². The molecule has 17 heavy (non-hydrogen) atoms. The number of aliphatic carboxylic acids is 2. The van der Waals surface area contributed by atoms with Gasteiger partial charge >= 0.3 is 18.0 Å². The van der Waals surface area contributed by atoms with Crippen molar-refractivity contribution in [2.24, 2.45) is 0 Å². The molecule has 96 valence electrons. The van der Waals surface area contributed by atoms with Crippen molar-refractivity contribution in [3.63, 3.8) is 0 Å². The van der Waals surface area contributed by atoms with Gasteiger partial charge in [0.05, 0.1) is 0 Å². The first-order valence-corrected chi connectivity index (χ1v) is 5.39. The summed E-state index contributed by atoms with van der Waals surface area (Å²) in [5.41, 5.74) is 0. The topological polar surface area (TPSA) is 107 Å². The lowest BCUT2D eigenvalue weighted by Gasteiger charge is -2.20. The molecule has 1 aliphatic rings. The van der Waals surface area contributed by atoms with Gasteiger partial charge in [0.2, 0.25) is 0 Å². The molecule has 3 N–H and O–H groups in total. The number of urea groups is 1. The van der Waals surface area contributed by atoms with Crippen molar-refractivity contribution < 1.29 is 24.6 Å². The Morgan fingerprint density at radius 2 is 1.94 bits per heavy atom. The summed E-state index contributed by atoms with van der Waals surface area (Å²) in [4.78, 5) is 34.2. The molecule has 0 aliphatic heterocycles. The monoisotopic (exact) mass is 244 g/mol. The minimum atomic E-state index is -1.22. The van der Waals surface area contributed by atoms with E-state index in [4.69, 9.17) is 10.2 Å². The molecule has 0 aromatic rings. The van der Waals surface area contributed by atoms with Gasteiger partial charge in [0.15, 0.2) is 0 Å². The lowest BCUT2D eigenvalue weighted by Crippen LogP contribution is -2.47. The fourth-order valence-electron chi connectivity index (χ4n) is 1.40. The average Bonchev–Trinajstić information content (AvgIpc) is 3.05. The maximum absolute atomic E-state index is 11.6. The molecule has 0 saturated heterocycles. The lowest BCUT2D eigenvalue weighted by molar-refractivity contribution is -0.140. The predicted octanol–water partition coefficient (Wildman–Crippen LogP) is 0.108. The molecule has 1 fully saturated rings. The van der Waals surface area contributed by atoms with E-state index in [0.717, 1.165) is 12.8 Å². The van der Waals surface area contributed by atoms with Gasteiger partial charge in [-0.15, -0.1) is 0 Å². The van der Waals surface area contributed by atoms with Gasteiger partial charge in [-0.3, -0.25) is 4.79 Å². The number of nitrogens with zero attached hydrogens (tertiary/aromatic N) is 1. The molecule has 1 saturated carbocycles. The Morgan fingerprint density at radius 1 is 1.35 bits per heavy atom. The van der Waals surface area contributed by atoms with Crippen LogP contribution >= 0.6 is 0 Å². The standard InChI is InChI=1S/C10H16N2O5/c1-12(6-2-3-6)10(17)11-7(9(15)16)4-5-8(13)14/h6-7H,2-5H2,1H3,(H,11,17)(H,13,14)(H,15,16)/t7-/m0/s1. The summed E-state index contributed by atoms with van der Waals surface area (Å²) in [5, 5.41) is 19.6. The first-order valence-electron chi connectivity index (χ1n) is 5.39. The second-order valence-corrected chi connectivity index (χ2v) is 4.11. The van der Waals surface area contributed by atoms with Crippen LogP contribution in [0.1, 0.15) is 25.7 Å². The Labute approximate surface area is 98.4 Å². The third-order valence-corrected chi connectivity index (χ3v) is 2.66. The third-order valence-electron chi connectivity index (χ3n) is 2.66. The maximum atomic E-state index is 11.6. The highest BCUT2D eigenvalue weighted by molar-refractivity contribution is 5.83. The molecule has 0 aromatic heterocycles. The Kier molecular flexibility index (Phi) is 4.30. The SMILES string of the molecule is CN(C(=O)N[C@@H](CCC(=O)O)C(=O)O)C1CC1. The molecule has 7 nitrogen and oxygen atoms in total. The summed E-state index contributed by atoms with van der Waals surface area (Å²) in [6.45, 7) is 0. The van der Waals surface area contributed by atoms with E-state index in [-0.39, 0.29) is 18.9 Å². The molecule has 1 atom stereocenters. The lowest BCUT2D eigenvalue weighted by atomic mass is 10.1. The van der Waals surface area contributed by atoms with Crippen molar-refractivity contribution in [2.75, 3.05) is 7.05 Å². The van der Waals surface area contributed by atoms with Crippen molar-refractivity contribution in [1.29, 1.82) is 0 Å². The number of rotatable bonds is 6. The summed E-state index contributed by atoms with van der Waals surface area (Å²) >= 11 is 0. The zero-order valence-corrected chi connectivity index (χ0v) is 9.55. The molecular weight excluding hydrogens is 228 g/mol. The van der Waals surface area contributed by atoms with Crippen LogP contribution in [-0.2, 0) is 9.59 Å². The van der Waals surface area contributed by atoms with Crippen molar-refractivity contribution in [3.8, 4) is 0 Å². The number of nitrogens with one attached hydrogen (secondary N) is 1. The van der Waals surface area contributed by atoms with Crippen LogP contribution in [0.25, 0.3) is 0 Å². The van der Waals surface area contributed by atoms with Crippen molar-refractivity contribution >= 4 is 18.0 Å². The number of amides is 2. The summed E-state index contributed by atoms with van der Waals surface area (Å²) in [5.74, 6) is -2.30. The molecule has 2 amide bonds. The largest absolute Gasteiger partial charge is 0.481 e. The quantitative estimate of drug-likeness (QED) is 0.614. The van der Waals surface area contributed by atoms with Crippen LogP contribution in [0.4, 0.5) is 4.79 Å². The number of carboxylic acids is 2. The normalized spacial score (nSPS) is 16.1. The molecule has 0 unspecified atom stereocenters. The second kappa shape index (κ2) is 5.51. The van der Waals surface area contributed by atoms with Gasteiger partial charge in [-0.2, -0.15) is 0 Å². The van der Waals surface area contributed by atoms with E-state index in [1.54, 1.807) is 7.05 Å². The molecule has 1 rings (SSSR count). The molecule has 1 aliphatic carbocycles. The van der Waals surface area contributed by atoms with Crippen LogP contribution in [0.15, 0.2) is 0 Å². The smallest absolute Gasteiger partial charge is 0.326 e. The molecule has 0 aromatic carbocycles. The van der Waals surface area contributed by atoms with Crippen LogP contribution in [0.3, 0.4) is 0 Å². The molecule has 0 bridgehead atoms. The summed E-state index contributed by atoms with van der Waals surface area (Å²) in [7, 11) is 1.60. The van der Waals surface area contributed by atoms with Crippen molar-refractivity contribution in [1.82, 2.24) is 10.2 Å². The Hall–Kier alpha value is -1.79. The first-order chi connectivity index (χ1) is 7.91. The van der Waals surface area contributed by atoms with Gasteiger partial charge in [0, 0.05) is 19.5 Å².